The predicted octanol–water partition coefficient (Wildman–Crippen LogP) is 3.90. The molecule has 1 aliphatic heterocycles. The summed E-state index contributed by atoms with van der Waals surface area (Å²) in [7, 11) is -2.04. The molecule has 0 radical (unpaired) electrons. The molecule has 1 aromatic carbocycles. The first-order chi connectivity index (χ1) is 11.0. The summed E-state index contributed by atoms with van der Waals surface area (Å²) in [5, 5.41) is 11.1. The second-order valence-corrected chi connectivity index (χ2v) is 12.2. The number of rotatable bonds is 5. The van der Waals surface area contributed by atoms with Gasteiger partial charge in [0.25, 0.3) is 0 Å². The fourth-order valence-electron chi connectivity index (χ4n) is 2.19. The fraction of sp³-hybridized carbons (Fsp3) is 0.625. The molecule has 1 aliphatic rings. The lowest BCUT2D eigenvalue weighted by molar-refractivity contribution is -0.386. The minimum atomic E-state index is -2.04. The molecule has 0 aliphatic carbocycles. The van der Waals surface area contributed by atoms with Crippen molar-refractivity contribution in [2.24, 2.45) is 0 Å². The molecular formula is C16H24FNO5Si. The third-order valence-electron chi connectivity index (χ3n) is 4.63. The topological polar surface area (TPSA) is 70.8 Å². The van der Waals surface area contributed by atoms with Crippen LogP contribution < -0.4 is 4.74 Å². The summed E-state index contributed by atoms with van der Waals surface area (Å²) in [5.74, 6) is -0.685. The molecular weight excluding hydrogens is 333 g/mol. The highest BCUT2D eigenvalue weighted by molar-refractivity contribution is 6.74. The number of benzene rings is 1. The van der Waals surface area contributed by atoms with Gasteiger partial charge in [-0.1, -0.05) is 20.8 Å². The maximum atomic E-state index is 13.5. The molecule has 1 saturated heterocycles. The van der Waals surface area contributed by atoms with Gasteiger partial charge in [-0.25, -0.2) is 4.39 Å². The van der Waals surface area contributed by atoms with E-state index in [1.54, 1.807) is 0 Å². The first-order valence-electron chi connectivity index (χ1n) is 7.87. The van der Waals surface area contributed by atoms with Crippen molar-refractivity contribution in [3.63, 3.8) is 0 Å². The van der Waals surface area contributed by atoms with E-state index in [-0.39, 0.29) is 29.2 Å². The van der Waals surface area contributed by atoms with E-state index in [2.05, 4.69) is 33.9 Å². The quantitative estimate of drug-likeness (QED) is 0.454. The van der Waals surface area contributed by atoms with Crippen LogP contribution in [0, 0.1) is 15.9 Å². The summed E-state index contributed by atoms with van der Waals surface area (Å²) in [5.41, 5.74) is -0.269. The maximum Gasteiger partial charge on any atom is 0.311 e. The van der Waals surface area contributed by atoms with E-state index >= 15 is 0 Å². The van der Waals surface area contributed by atoms with Crippen molar-refractivity contribution in [3.8, 4) is 5.75 Å². The number of hydrogen-bond donors (Lipinski definition) is 0. The standard InChI is InChI=1S/C16H24FNO5Si/c1-16(2,3)24(4,5)23-15-10-21-9-14(15)22-13-8-11(17)6-7-12(13)18(19)20/h6-8,14-15H,9-10H2,1-5H3. The molecule has 0 bridgehead atoms. The molecule has 2 atom stereocenters. The highest BCUT2D eigenvalue weighted by Gasteiger charge is 2.43. The summed E-state index contributed by atoms with van der Waals surface area (Å²) in [4.78, 5) is 10.5. The van der Waals surface area contributed by atoms with Gasteiger partial charge in [0.15, 0.2) is 14.1 Å². The fourth-order valence-corrected chi connectivity index (χ4v) is 3.52. The average Bonchev–Trinajstić information content (AvgIpc) is 2.83. The van der Waals surface area contributed by atoms with E-state index in [0.717, 1.165) is 18.2 Å². The van der Waals surface area contributed by atoms with Gasteiger partial charge in [0, 0.05) is 12.1 Å². The SMILES string of the molecule is CC(C)(C)[Si](C)(C)OC1COCC1Oc1cc(F)ccc1[N+](=O)[O-]. The van der Waals surface area contributed by atoms with E-state index in [0.29, 0.717) is 6.61 Å². The second kappa shape index (κ2) is 6.77. The number of hydrogen-bond acceptors (Lipinski definition) is 5. The highest BCUT2D eigenvalue weighted by Crippen LogP contribution is 2.39. The first kappa shape index (κ1) is 18.8. The van der Waals surface area contributed by atoms with Crippen molar-refractivity contribution in [1.29, 1.82) is 0 Å². The van der Waals surface area contributed by atoms with Crippen molar-refractivity contribution >= 4 is 14.0 Å². The van der Waals surface area contributed by atoms with Crippen LogP contribution in [0.5, 0.6) is 5.75 Å². The van der Waals surface area contributed by atoms with E-state index in [1.165, 1.54) is 0 Å². The van der Waals surface area contributed by atoms with Gasteiger partial charge in [0.05, 0.1) is 18.1 Å². The minimum Gasteiger partial charge on any atom is -0.478 e. The normalized spacial score (nSPS) is 21.8. The summed E-state index contributed by atoms with van der Waals surface area (Å²) < 4.78 is 30.9. The van der Waals surface area contributed by atoms with Crippen molar-refractivity contribution in [2.45, 2.75) is 51.1 Å². The van der Waals surface area contributed by atoms with Gasteiger partial charge in [0.1, 0.15) is 18.0 Å². The van der Waals surface area contributed by atoms with Crippen LogP contribution in [-0.2, 0) is 9.16 Å². The monoisotopic (exact) mass is 357 g/mol. The lowest BCUT2D eigenvalue weighted by atomic mass is 10.2. The first-order valence-corrected chi connectivity index (χ1v) is 10.8. The summed E-state index contributed by atoms with van der Waals surface area (Å²) in [6.45, 7) is 11.2. The number of halogens is 1. The van der Waals surface area contributed by atoms with Gasteiger partial charge in [-0.3, -0.25) is 10.1 Å². The largest absolute Gasteiger partial charge is 0.478 e. The number of nitrogens with zero attached hydrogens (tertiary/aromatic N) is 1. The predicted molar refractivity (Wildman–Crippen MR) is 90.4 cm³/mol. The van der Waals surface area contributed by atoms with Crippen molar-refractivity contribution in [3.05, 3.63) is 34.1 Å². The molecule has 134 valence electrons. The number of nitro groups is 1. The molecule has 1 aromatic rings. The van der Waals surface area contributed by atoms with Crippen LogP contribution in [0.1, 0.15) is 20.8 Å². The summed E-state index contributed by atoms with van der Waals surface area (Å²) >= 11 is 0. The Hall–Kier alpha value is -1.51. The maximum absolute atomic E-state index is 13.5. The molecule has 24 heavy (non-hydrogen) atoms. The Morgan fingerprint density at radius 1 is 1.29 bits per heavy atom. The average molecular weight is 357 g/mol. The van der Waals surface area contributed by atoms with Crippen LogP contribution in [-0.4, -0.2) is 38.7 Å². The summed E-state index contributed by atoms with van der Waals surface area (Å²) in [6.07, 6.45) is -0.826. The molecule has 8 heteroatoms. The lowest BCUT2D eigenvalue weighted by Gasteiger charge is -2.39. The summed E-state index contributed by atoms with van der Waals surface area (Å²) in [6, 6.07) is 3.17. The third-order valence-corrected chi connectivity index (χ3v) is 9.13. The number of nitro benzene ring substituents is 1. The Morgan fingerprint density at radius 3 is 2.50 bits per heavy atom. The third kappa shape index (κ3) is 4.11. The van der Waals surface area contributed by atoms with Crippen LogP contribution in [0.4, 0.5) is 10.1 Å². The zero-order valence-electron chi connectivity index (χ0n) is 14.7. The highest BCUT2D eigenvalue weighted by atomic mass is 28.4. The van der Waals surface area contributed by atoms with Crippen LogP contribution in [0.25, 0.3) is 0 Å². The Bertz CT molecular complexity index is 617. The smallest absolute Gasteiger partial charge is 0.311 e. The zero-order chi connectivity index (χ0) is 18.1. The van der Waals surface area contributed by atoms with Gasteiger partial charge < -0.3 is 13.9 Å². The molecule has 0 aromatic heterocycles. The molecule has 0 saturated carbocycles. The van der Waals surface area contributed by atoms with E-state index in [4.69, 9.17) is 13.9 Å². The van der Waals surface area contributed by atoms with Crippen LogP contribution in [0.15, 0.2) is 18.2 Å². The van der Waals surface area contributed by atoms with Gasteiger partial charge in [-0.2, -0.15) is 0 Å². The molecule has 6 nitrogen and oxygen atoms in total. The van der Waals surface area contributed by atoms with Gasteiger partial charge >= 0.3 is 5.69 Å². The van der Waals surface area contributed by atoms with Gasteiger partial charge in [0.2, 0.25) is 0 Å². The van der Waals surface area contributed by atoms with E-state index in [9.17, 15) is 14.5 Å². The van der Waals surface area contributed by atoms with Crippen LogP contribution >= 0.6 is 0 Å². The molecule has 0 spiro atoms. The van der Waals surface area contributed by atoms with Crippen LogP contribution in [0.3, 0.4) is 0 Å². The molecule has 2 unspecified atom stereocenters. The zero-order valence-corrected chi connectivity index (χ0v) is 15.7. The number of ether oxygens (including phenoxy) is 2. The van der Waals surface area contributed by atoms with Crippen molar-refractivity contribution < 1.29 is 23.2 Å². The van der Waals surface area contributed by atoms with Gasteiger partial charge in [-0.15, -0.1) is 0 Å². The Balaban J connectivity index is 2.18. The Morgan fingerprint density at radius 2 is 1.92 bits per heavy atom. The van der Waals surface area contributed by atoms with Gasteiger partial charge in [-0.05, 0) is 24.2 Å². The minimum absolute atomic E-state index is 0.0188. The van der Waals surface area contributed by atoms with Crippen molar-refractivity contribution in [2.75, 3.05) is 13.2 Å². The Kier molecular flexibility index (Phi) is 5.31. The molecule has 0 N–H and O–H groups in total. The molecule has 1 heterocycles. The van der Waals surface area contributed by atoms with E-state index < -0.39 is 25.2 Å². The second-order valence-electron chi connectivity index (χ2n) is 7.48. The molecule has 0 amide bonds. The van der Waals surface area contributed by atoms with Crippen molar-refractivity contribution in [1.82, 2.24) is 0 Å². The Labute approximate surface area is 142 Å². The van der Waals surface area contributed by atoms with Crippen LogP contribution in [0.2, 0.25) is 18.1 Å². The molecule has 2 rings (SSSR count). The van der Waals surface area contributed by atoms with E-state index in [1.807, 2.05) is 0 Å². The molecule has 1 fully saturated rings. The lowest BCUT2D eigenvalue weighted by Crippen LogP contribution is -2.48.